The van der Waals surface area contributed by atoms with E-state index in [1.165, 1.54) is 6.42 Å². The highest BCUT2D eigenvalue weighted by molar-refractivity contribution is 5.97. The average Bonchev–Trinajstić information content (AvgIpc) is 3.33. The number of rotatable bonds is 2. The first-order valence-corrected chi connectivity index (χ1v) is 9.00. The standard InChI is InChI=1S/C20H19N5O/c26-20(25-8-2-1-3-9-25)19-11-18-16(23-19)7-6-15(22-18)13-4-5-14-12-21-24-17(14)10-13/h4-7,10-12,23H,1-3,8-9H2,(H,21,24). The number of nitrogens with one attached hydrogen (secondary N) is 2. The van der Waals surface area contributed by atoms with E-state index in [-0.39, 0.29) is 5.91 Å². The molecule has 130 valence electrons. The van der Waals surface area contributed by atoms with Crippen LogP contribution in [0.25, 0.3) is 33.2 Å². The van der Waals surface area contributed by atoms with E-state index in [0.29, 0.717) is 5.69 Å². The van der Waals surface area contributed by atoms with Gasteiger partial charge in [-0.1, -0.05) is 12.1 Å². The van der Waals surface area contributed by atoms with Crippen LogP contribution < -0.4 is 0 Å². The van der Waals surface area contributed by atoms with Crippen LogP contribution in [-0.4, -0.2) is 44.1 Å². The monoisotopic (exact) mass is 345 g/mol. The van der Waals surface area contributed by atoms with E-state index in [1.54, 1.807) is 6.20 Å². The Morgan fingerprint density at radius 1 is 1.00 bits per heavy atom. The van der Waals surface area contributed by atoms with Gasteiger partial charge in [0.2, 0.25) is 0 Å². The van der Waals surface area contributed by atoms with Crippen molar-refractivity contribution in [1.29, 1.82) is 0 Å². The number of H-pyrrole nitrogens is 2. The minimum absolute atomic E-state index is 0.0723. The second kappa shape index (κ2) is 5.98. The van der Waals surface area contributed by atoms with Gasteiger partial charge in [0.05, 0.1) is 28.4 Å². The lowest BCUT2D eigenvalue weighted by atomic mass is 10.1. The molecule has 1 saturated heterocycles. The second-order valence-corrected chi connectivity index (χ2v) is 6.84. The highest BCUT2D eigenvalue weighted by atomic mass is 16.2. The van der Waals surface area contributed by atoms with E-state index < -0.39 is 0 Å². The summed E-state index contributed by atoms with van der Waals surface area (Å²) in [7, 11) is 0. The first-order valence-electron chi connectivity index (χ1n) is 9.00. The molecule has 3 aromatic heterocycles. The van der Waals surface area contributed by atoms with E-state index in [0.717, 1.165) is 59.1 Å². The number of likely N-dealkylation sites (tertiary alicyclic amines) is 1. The molecule has 0 spiro atoms. The van der Waals surface area contributed by atoms with Crippen molar-refractivity contribution in [2.75, 3.05) is 13.1 Å². The highest BCUT2D eigenvalue weighted by Crippen LogP contribution is 2.25. The molecule has 1 aliphatic heterocycles. The van der Waals surface area contributed by atoms with Crippen molar-refractivity contribution < 1.29 is 4.79 Å². The molecule has 26 heavy (non-hydrogen) atoms. The molecule has 0 atom stereocenters. The fraction of sp³-hybridized carbons (Fsp3) is 0.250. The first kappa shape index (κ1) is 15.1. The van der Waals surface area contributed by atoms with E-state index in [4.69, 9.17) is 4.98 Å². The number of hydrogen-bond donors (Lipinski definition) is 2. The van der Waals surface area contributed by atoms with Crippen LogP contribution in [0.5, 0.6) is 0 Å². The van der Waals surface area contributed by atoms with Gasteiger partial charge < -0.3 is 9.88 Å². The number of fused-ring (bicyclic) bond motifs is 2. The third-order valence-electron chi connectivity index (χ3n) is 5.09. The summed E-state index contributed by atoms with van der Waals surface area (Å²) in [5.74, 6) is 0.0723. The molecule has 1 fully saturated rings. The Hall–Kier alpha value is -3.15. The summed E-state index contributed by atoms with van der Waals surface area (Å²) in [6.45, 7) is 1.69. The van der Waals surface area contributed by atoms with Crippen molar-refractivity contribution in [2.24, 2.45) is 0 Å². The van der Waals surface area contributed by atoms with Crippen molar-refractivity contribution in [3.05, 3.63) is 48.3 Å². The second-order valence-electron chi connectivity index (χ2n) is 6.84. The van der Waals surface area contributed by atoms with Gasteiger partial charge >= 0.3 is 0 Å². The van der Waals surface area contributed by atoms with Crippen LogP contribution in [0.15, 0.2) is 42.6 Å². The third-order valence-corrected chi connectivity index (χ3v) is 5.09. The minimum atomic E-state index is 0.0723. The molecule has 1 amide bonds. The average molecular weight is 345 g/mol. The number of carbonyl (C=O) groups excluding carboxylic acids is 1. The summed E-state index contributed by atoms with van der Waals surface area (Å²) in [4.78, 5) is 22.6. The number of pyridine rings is 1. The van der Waals surface area contributed by atoms with Crippen molar-refractivity contribution in [2.45, 2.75) is 19.3 Å². The van der Waals surface area contributed by atoms with Crippen LogP contribution in [0.1, 0.15) is 29.8 Å². The zero-order valence-electron chi connectivity index (χ0n) is 14.3. The molecule has 0 unspecified atom stereocenters. The number of amides is 1. The summed E-state index contributed by atoms with van der Waals surface area (Å²) in [6, 6.07) is 11.9. The Morgan fingerprint density at radius 3 is 2.77 bits per heavy atom. The third kappa shape index (κ3) is 2.54. The maximum absolute atomic E-state index is 12.7. The molecule has 4 heterocycles. The lowest BCUT2D eigenvalue weighted by Crippen LogP contribution is -2.35. The molecular formula is C20H19N5O. The molecule has 0 bridgehead atoms. The van der Waals surface area contributed by atoms with Crippen LogP contribution >= 0.6 is 0 Å². The minimum Gasteiger partial charge on any atom is -0.349 e. The summed E-state index contributed by atoms with van der Waals surface area (Å²) in [5, 5.41) is 8.12. The SMILES string of the molecule is O=C(c1cc2nc(-c3ccc4cn[nH]c4c3)ccc2[nH]1)N1CCCCC1. The summed E-state index contributed by atoms with van der Waals surface area (Å²) < 4.78 is 0. The number of benzene rings is 1. The Kier molecular flexibility index (Phi) is 3.48. The molecule has 0 aliphatic carbocycles. The molecule has 0 saturated carbocycles. The molecule has 6 heteroatoms. The smallest absolute Gasteiger partial charge is 0.270 e. The Morgan fingerprint density at radius 2 is 1.88 bits per heavy atom. The lowest BCUT2D eigenvalue weighted by Gasteiger charge is -2.26. The molecule has 1 aliphatic rings. The summed E-state index contributed by atoms with van der Waals surface area (Å²) in [5.41, 5.74) is 5.21. The summed E-state index contributed by atoms with van der Waals surface area (Å²) >= 11 is 0. The number of nitrogens with zero attached hydrogens (tertiary/aromatic N) is 3. The molecule has 1 aromatic carbocycles. The zero-order chi connectivity index (χ0) is 17.5. The van der Waals surface area contributed by atoms with Crippen LogP contribution in [0.4, 0.5) is 0 Å². The number of piperidine rings is 1. The number of carbonyl (C=O) groups is 1. The number of hydrogen-bond acceptors (Lipinski definition) is 3. The quantitative estimate of drug-likeness (QED) is 0.581. The lowest BCUT2D eigenvalue weighted by molar-refractivity contribution is 0.0719. The fourth-order valence-electron chi connectivity index (χ4n) is 3.65. The molecular weight excluding hydrogens is 326 g/mol. The largest absolute Gasteiger partial charge is 0.349 e. The van der Waals surface area contributed by atoms with Crippen LogP contribution in [-0.2, 0) is 0 Å². The van der Waals surface area contributed by atoms with E-state index >= 15 is 0 Å². The van der Waals surface area contributed by atoms with Crippen LogP contribution in [0.2, 0.25) is 0 Å². The van der Waals surface area contributed by atoms with Gasteiger partial charge in [-0.2, -0.15) is 5.10 Å². The molecule has 4 aromatic rings. The molecule has 5 rings (SSSR count). The van der Waals surface area contributed by atoms with Crippen molar-refractivity contribution >= 4 is 27.8 Å². The molecule has 2 N–H and O–H groups in total. The van der Waals surface area contributed by atoms with Gasteiger partial charge in [-0.15, -0.1) is 0 Å². The maximum atomic E-state index is 12.7. The van der Waals surface area contributed by atoms with Crippen LogP contribution in [0.3, 0.4) is 0 Å². The van der Waals surface area contributed by atoms with Gasteiger partial charge in [-0.3, -0.25) is 9.89 Å². The van der Waals surface area contributed by atoms with E-state index in [2.05, 4.69) is 15.2 Å². The normalized spacial score (nSPS) is 15.0. The Bertz CT molecular complexity index is 1100. The molecule has 6 nitrogen and oxygen atoms in total. The summed E-state index contributed by atoms with van der Waals surface area (Å²) in [6.07, 6.45) is 5.19. The van der Waals surface area contributed by atoms with E-state index in [1.807, 2.05) is 41.3 Å². The van der Waals surface area contributed by atoms with Gasteiger partial charge in [-0.25, -0.2) is 4.98 Å². The zero-order valence-corrected chi connectivity index (χ0v) is 14.3. The van der Waals surface area contributed by atoms with Gasteiger partial charge in [-0.05, 0) is 43.5 Å². The fourth-order valence-corrected chi connectivity index (χ4v) is 3.65. The predicted octanol–water partition coefficient (Wildman–Crippen LogP) is 3.73. The number of aromatic nitrogens is 4. The van der Waals surface area contributed by atoms with Gasteiger partial charge in [0.15, 0.2) is 0 Å². The highest BCUT2D eigenvalue weighted by Gasteiger charge is 2.20. The van der Waals surface area contributed by atoms with Gasteiger partial charge in [0.25, 0.3) is 5.91 Å². The van der Waals surface area contributed by atoms with Crippen molar-refractivity contribution in [1.82, 2.24) is 25.1 Å². The van der Waals surface area contributed by atoms with Crippen molar-refractivity contribution in [3.63, 3.8) is 0 Å². The Balaban J connectivity index is 1.50. The topological polar surface area (TPSA) is 77.7 Å². The Labute approximate surface area is 150 Å². The number of aromatic amines is 2. The van der Waals surface area contributed by atoms with Crippen molar-refractivity contribution in [3.8, 4) is 11.3 Å². The van der Waals surface area contributed by atoms with Crippen LogP contribution in [0, 0.1) is 0 Å². The maximum Gasteiger partial charge on any atom is 0.270 e. The molecule has 0 radical (unpaired) electrons. The first-order chi connectivity index (χ1) is 12.8. The van der Waals surface area contributed by atoms with Gasteiger partial charge in [0.1, 0.15) is 5.69 Å². The van der Waals surface area contributed by atoms with Gasteiger partial charge in [0, 0.05) is 24.0 Å². The van der Waals surface area contributed by atoms with E-state index in [9.17, 15) is 4.79 Å². The predicted molar refractivity (Wildman–Crippen MR) is 101 cm³/mol.